The lowest BCUT2D eigenvalue weighted by molar-refractivity contribution is -0.120. The summed E-state index contributed by atoms with van der Waals surface area (Å²) in [5.74, 6) is 2.22. The van der Waals surface area contributed by atoms with E-state index in [0.29, 0.717) is 29.9 Å². The molecule has 0 aliphatic carbocycles. The Bertz CT molecular complexity index is 1010. The van der Waals surface area contributed by atoms with Gasteiger partial charge >= 0.3 is 0 Å². The van der Waals surface area contributed by atoms with E-state index < -0.39 is 0 Å². The topological polar surface area (TPSA) is 67.4 Å². The number of piperidine rings is 1. The molecule has 1 fully saturated rings. The summed E-state index contributed by atoms with van der Waals surface area (Å²) in [6, 6.07) is 17.6. The third kappa shape index (κ3) is 5.20. The number of hydrogen-bond donors (Lipinski definition) is 1. The zero-order valence-corrected chi connectivity index (χ0v) is 18.0. The van der Waals surface area contributed by atoms with Crippen molar-refractivity contribution < 1.29 is 9.53 Å². The van der Waals surface area contributed by atoms with Crippen LogP contribution in [0.3, 0.4) is 0 Å². The molecule has 0 bridgehead atoms. The van der Waals surface area contributed by atoms with Gasteiger partial charge in [0.25, 0.3) is 5.88 Å². The van der Waals surface area contributed by atoms with Gasteiger partial charge in [0, 0.05) is 31.2 Å². The Kier molecular flexibility index (Phi) is 6.46. The van der Waals surface area contributed by atoms with Gasteiger partial charge in [-0.25, -0.2) is 9.97 Å². The number of rotatable bonds is 6. The van der Waals surface area contributed by atoms with Crippen molar-refractivity contribution in [1.82, 2.24) is 9.97 Å². The SMILES string of the molecule is CC(C)c1ccc(NC(=O)[C@@H]2CCCN(c3nccnc3Oc3ccccc3)C2)cc1. The van der Waals surface area contributed by atoms with Crippen LogP contribution in [0.5, 0.6) is 11.6 Å². The summed E-state index contributed by atoms with van der Waals surface area (Å²) in [5, 5.41) is 3.07. The minimum absolute atomic E-state index is 0.0383. The summed E-state index contributed by atoms with van der Waals surface area (Å²) in [5.41, 5.74) is 2.09. The third-order valence-electron chi connectivity index (χ3n) is 5.54. The maximum atomic E-state index is 12.9. The van der Waals surface area contributed by atoms with Crippen LogP contribution in [0, 0.1) is 5.92 Å². The first-order valence-corrected chi connectivity index (χ1v) is 10.8. The van der Waals surface area contributed by atoms with Crippen LogP contribution in [0.1, 0.15) is 38.2 Å². The zero-order chi connectivity index (χ0) is 21.6. The van der Waals surface area contributed by atoms with Gasteiger partial charge in [0.05, 0.1) is 5.92 Å². The molecule has 0 radical (unpaired) electrons. The Morgan fingerprint density at radius 3 is 2.55 bits per heavy atom. The molecule has 0 saturated carbocycles. The Labute approximate surface area is 183 Å². The minimum Gasteiger partial charge on any atom is -0.436 e. The van der Waals surface area contributed by atoms with Crippen LogP contribution in [0.2, 0.25) is 0 Å². The van der Waals surface area contributed by atoms with Gasteiger partial charge in [-0.05, 0) is 48.6 Å². The van der Waals surface area contributed by atoms with Crippen LogP contribution in [-0.2, 0) is 4.79 Å². The molecule has 2 aromatic carbocycles. The number of anilines is 2. The molecule has 0 spiro atoms. The van der Waals surface area contributed by atoms with Crippen molar-refractivity contribution in [2.75, 3.05) is 23.3 Å². The molecular formula is C25H28N4O2. The average Bonchev–Trinajstić information content (AvgIpc) is 2.80. The number of benzene rings is 2. The van der Waals surface area contributed by atoms with Crippen molar-refractivity contribution >= 4 is 17.4 Å². The van der Waals surface area contributed by atoms with Crippen molar-refractivity contribution in [3.8, 4) is 11.6 Å². The molecule has 1 N–H and O–H groups in total. The fourth-order valence-corrected chi connectivity index (χ4v) is 3.79. The Balaban J connectivity index is 1.44. The molecule has 1 aromatic heterocycles. The Morgan fingerprint density at radius 2 is 1.81 bits per heavy atom. The largest absolute Gasteiger partial charge is 0.436 e. The molecule has 0 unspecified atom stereocenters. The molecule has 160 valence electrons. The van der Waals surface area contributed by atoms with Crippen molar-refractivity contribution in [3.63, 3.8) is 0 Å². The van der Waals surface area contributed by atoms with Crippen molar-refractivity contribution in [2.24, 2.45) is 5.92 Å². The number of hydrogen-bond acceptors (Lipinski definition) is 5. The number of aromatic nitrogens is 2. The summed E-state index contributed by atoms with van der Waals surface area (Å²) in [4.78, 5) is 23.9. The molecule has 1 aliphatic rings. The summed E-state index contributed by atoms with van der Waals surface area (Å²) in [7, 11) is 0. The predicted octanol–water partition coefficient (Wildman–Crippen LogP) is 5.25. The molecule has 4 rings (SSSR count). The number of carbonyl (C=O) groups excluding carboxylic acids is 1. The van der Waals surface area contributed by atoms with Crippen molar-refractivity contribution in [1.29, 1.82) is 0 Å². The molecule has 1 amide bonds. The lowest BCUT2D eigenvalue weighted by atomic mass is 9.97. The van der Waals surface area contributed by atoms with Crippen molar-refractivity contribution in [2.45, 2.75) is 32.6 Å². The van der Waals surface area contributed by atoms with Crippen LogP contribution >= 0.6 is 0 Å². The Hall–Kier alpha value is -3.41. The highest BCUT2D eigenvalue weighted by atomic mass is 16.5. The first-order chi connectivity index (χ1) is 15.1. The minimum atomic E-state index is -0.120. The molecule has 31 heavy (non-hydrogen) atoms. The third-order valence-corrected chi connectivity index (χ3v) is 5.54. The molecule has 6 nitrogen and oxygen atoms in total. The number of nitrogens with zero attached hydrogens (tertiary/aromatic N) is 3. The second-order valence-corrected chi connectivity index (χ2v) is 8.15. The molecule has 1 aliphatic heterocycles. The lowest BCUT2D eigenvalue weighted by Crippen LogP contribution is -2.41. The first-order valence-electron chi connectivity index (χ1n) is 10.8. The number of nitrogens with one attached hydrogen (secondary N) is 1. The Morgan fingerprint density at radius 1 is 1.06 bits per heavy atom. The number of para-hydroxylation sites is 1. The van der Waals surface area contributed by atoms with E-state index in [9.17, 15) is 4.79 Å². The predicted molar refractivity (Wildman–Crippen MR) is 123 cm³/mol. The summed E-state index contributed by atoms with van der Waals surface area (Å²) in [6.07, 6.45) is 5.04. The van der Waals surface area contributed by atoms with Gasteiger partial charge in [-0.15, -0.1) is 0 Å². The van der Waals surface area contributed by atoms with E-state index in [-0.39, 0.29) is 11.8 Å². The van der Waals surface area contributed by atoms with Crippen LogP contribution in [0.25, 0.3) is 0 Å². The van der Waals surface area contributed by atoms with E-state index >= 15 is 0 Å². The molecule has 3 aromatic rings. The first kappa shape index (κ1) is 20.8. The van der Waals surface area contributed by atoms with Crippen LogP contribution in [0.4, 0.5) is 11.5 Å². The van der Waals surface area contributed by atoms with Gasteiger partial charge < -0.3 is 15.0 Å². The standard InChI is InChI=1S/C25H28N4O2/c1-18(2)19-10-12-21(13-11-19)28-24(30)20-7-6-16-29(17-20)23-25(27-15-14-26-23)31-22-8-4-3-5-9-22/h3-5,8-15,18,20H,6-7,16-17H2,1-2H3,(H,28,30)/t20-/m1/s1. The fourth-order valence-electron chi connectivity index (χ4n) is 3.79. The van der Waals surface area contributed by atoms with Gasteiger partial charge in [-0.1, -0.05) is 44.2 Å². The summed E-state index contributed by atoms with van der Waals surface area (Å²) >= 11 is 0. The highest BCUT2D eigenvalue weighted by Crippen LogP contribution is 2.31. The monoisotopic (exact) mass is 416 g/mol. The van der Waals surface area contributed by atoms with Crippen LogP contribution in [-0.4, -0.2) is 29.0 Å². The fraction of sp³-hybridized carbons (Fsp3) is 0.320. The van der Waals surface area contributed by atoms with Crippen LogP contribution in [0.15, 0.2) is 67.0 Å². The van der Waals surface area contributed by atoms with E-state index in [1.54, 1.807) is 12.4 Å². The zero-order valence-electron chi connectivity index (χ0n) is 18.0. The van der Waals surface area contributed by atoms with Gasteiger partial charge in [-0.3, -0.25) is 4.79 Å². The molecule has 1 saturated heterocycles. The summed E-state index contributed by atoms with van der Waals surface area (Å²) in [6.45, 7) is 5.72. The van der Waals surface area contributed by atoms with Gasteiger partial charge in [-0.2, -0.15) is 0 Å². The molecule has 2 heterocycles. The normalized spacial score (nSPS) is 16.2. The van der Waals surface area contributed by atoms with E-state index in [1.165, 1.54) is 5.56 Å². The number of carbonyl (C=O) groups is 1. The quantitative estimate of drug-likeness (QED) is 0.595. The highest BCUT2D eigenvalue weighted by molar-refractivity contribution is 5.93. The van der Waals surface area contributed by atoms with Crippen LogP contribution < -0.4 is 15.0 Å². The molecule has 6 heteroatoms. The van der Waals surface area contributed by atoms with E-state index in [0.717, 1.165) is 25.1 Å². The average molecular weight is 417 g/mol. The van der Waals surface area contributed by atoms with Gasteiger partial charge in [0.15, 0.2) is 5.82 Å². The summed E-state index contributed by atoms with van der Waals surface area (Å²) < 4.78 is 5.97. The molecular weight excluding hydrogens is 388 g/mol. The number of amides is 1. The van der Waals surface area contributed by atoms with Crippen molar-refractivity contribution in [3.05, 3.63) is 72.6 Å². The van der Waals surface area contributed by atoms with E-state index in [1.807, 2.05) is 42.5 Å². The lowest BCUT2D eigenvalue weighted by Gasteiger charge is -2.33. The highest BCUT2D eigenvalue weighted by Gasteiger charge is 2.28. The maximum Gasteiger partial charge on any atom is 0.263 e. The van der Waals surface area contributed by atoms with E-state index in [2.05, 4.69) is 46.2 Å². The number of ether oxygens (including phenoxy) is 1. The maximum absolute atomic E-state index is 12.9. The molecule has 1 atom stereocenters. The van der Waals surface area contributed by atoms with Gasteiger partial charge in [0.2, 0.25) is 5.91 Å². The second kappa shape index (κ2) is 9.60. The van der Waals surface area contributed by atoms with Gasteiger partial charge in [0.1, 0.15) is 5.75 Å². The van der Waals surface area contributed by atoms with E-state index in [4.69, 9.17) is 4.74 Å². The smallest absolute Gasteiger partial charge is 0.263 e. The second-order valence-electron chi connectivity index (χ2n) is 8.15.